The van der Waals surface area contributed by atoms with Gasteiger partial charge in [0.15, 0.2) is 0 Å². The van der Waals surface area contributed by atoms with E-state index in [9.17, 15) is 4.79 Å². The first kappa shape index (κ1) is 19.0. The molecule has 0 bridgehead atoms. The zero-order valence-electron chi connectivity index (χ0n) is 16.6. The van der Waals surface area contributed by atoms with Gasteiger partial charge in [-0.2, -0.15) is 0 Å². The molecule has 0 spiro atoms. The maximum absolute atomic E-state index is 12.9. The second-order valence-electron chi connectivity index (χ2n) is 7.16. The van der Waals surface area contributed by atoms with Gasteiger partial charge in [0.2, 0.25) is 0 Å². The number of carbonyl (C=O) groups excluding carboxylic acids is 1. The Morgan fingerprint density at radius 2 is 1.93 bits per heavy atom. The highest BCUT2D eigenvalue weighted by atomic mass is 16.3. The van der Waals surface area contributed by atoms with E-state index in [4.69, 9.17) is 4.42 Å². The van der Waals surface area contributed by atoms with Crippen molar-refractivity contribution in [1.82, 2.24) is 14.8 Å². The lowest BCUT2D eigenvalue weighted by atomic mass is 10.2. The molecule has 1 amide bonds. The summed E-state index contributed by atoms with van der Waals surface area (Å²) < 4.78 is 7.64. The Labute approximate surface area is 160 Å². The third-order valence-corrected chi connectivity index (χ3v) is 4.89. The van der Waals surface area contributed by atoms with E-state index in [0.717, 1.165) is 22.8 Å². The van der Waals surface area contributed by atoms with Gasteiger partial charge in [-0.3, -0.25) is 9.69 Å². The van der Waals surface area contributed by atoms with Crippen LogP contribution in [0.4, 0.5) is 0 Å². The van der Waals surface area contributed by atoms with Crippen LogP contribution in [0.25, 0.3) is 5.69 Å². The third kappa shape index (κ3) is 3.98. The maximum Gasteiger partial charge on any atom is 0.253 e. The number of hydrogen-bond acceptors (Lipinski definition) is 3. The van der Waals surface area contributed by atoms with Gasteiger partial charge in [-0.15, -0.1) is 0 Å². The number of furan rings is 1. The number of nitrogens with one attached hydrogen (secondary N) is 1. The zero-order chi connectivity index (χ0) is 19.6. The van der Waals surface area contributed by atoms with Crippen molar-refractivity contribution in [2.75, 3.05) is 20.6 Å². The van der Waals surface area contributed by atoms with Crippen LogP contribution in [0.1, 0.15) is 39.1 Å². The van der Waals surface area contributed by atoms with Crippen molar-refractivity contribution in [2.45, 2.75) is 26.8 Å². The smallest absolute Gasteiger partial charge is 0.253 e. The quantitative estimate of drug-likeness (QED) is 0.717. The molecule has 1 N–H and O–H groups in total. The summed E-state index contributed by atoms with van der Waals surface area (Å²) in [6, 6.07) is 14.0. The summed E-state index contributed by atoms with van der Waals surface area (Å²) in [5.41, 5.74) is 4.95. The Bertz CT molecular complexity index is 923. The number of benzene rings is 1. The molecular weight excluding hydrogens is 338 g/mol. The summed E-state index contributed by atoms with van der Waals surface area (Å²) in [5.74, 6) is 0.769. The minimum absolute atomic E-state index is 0.00999. The summed E-state index contributed by atoms with van der Waals surface area (Å²) in [4.78, 5) is 14.9. The number of likely N-dealkylation sites (N-methyl/N-ethyl adjacent to an activating group) is 1. The van der Waals surface area contributed by atoms with Crippen LogP contribution in [-0.2, 0) is 0 Å². The monoisotopic (exact) mass is 365 g/mol. The second-order valence-corrected chi connectivity index (χ2v) is 7.16. The van der Waals surface area contributed by atoms with Gasteiger partial charge in [0.05, 0.1) is 17.9 Å². The molecule has 0 fully saturated rings. The Balaban J connectivity index is 1.80. The molecule has 3 rings (SSSR count). The van der Waals surface area contributed by atoms with Crippen molar-refractivity contribution in [2.24, 2.45) is 0 Å². The van der Waals surface area contributed by atoms with Crippen LogP contribution in [0.2, 0.25) is 0 Å². The van der Waals surface area contributed by atoms with Crippen LogP contribution in [-0.4, -0.2) is 36.0 Å². The van der Waals surface area contributed by atoms with Crippen molar-refractivity contribution in [3.63, 3.8) is 0 Å². The van der Waals surface area contributed by atoms with Gasteiger partial charge in [-0.25, -0.2) is 0 Å². The number of hydrogen-bond donors (Lipinski definition) is 1. The number of aromatic nitrogens is 1. The lowest BCUT2D eigenvalue weighted by Gasteiger charge is -2.22. The first-order valence-corrected chi connectivity index (χ1v) is 9.12. The molecule has 0 saturated heterocycles. The van der Waals surface area contributed by atoms with E-state index < -0.39 is 0 Å². The molecule has 0 unspecified atom stereocenters. The van der Waals surface area contributed by atoms with E-state index >= 15 is 0 Å². The molecule has 142 valence electrons. The van der Waals surface area contributed by atoms with E-state index in [1.807, 2.05) is 57.1 Å². The number of aryl methyl sites for hydroxylation is 2. The van der Waals surface area contributed by atoms with Crippen molar-refractivity contribution in [3.05, 3.63) is 77.0 Å². The Morgan fingerprint density at radius 1 is 1.15 bits per heavy atom. The van der Waals surface area contributed by atoms with Crippen molar-refractivity contribution >= 4 is 5.91 Å². The fraction of sp³-hybridized carbons (Fsp3) is 0.318. The number of amides is 1. The summed E-state index contributed by atoms with van der Waals surface area (Å²) in [6.45, 7) is 6.56. The molecule has 1 aromatic carbocycles. The van der Waals surface area contributed by atoms with Crippen molar-refractivity contribution in [3.8, 4) is 5.69 Å². The molecule has 27 heavy (non-hydrogen) atoms. The van der Waals surface area contributed by atoms with Crippen LogP contribution in [0.3, 0.4) is 0 Å². The molecular formula is C22H27N3O2. The predicted molar refractivity (Wildman–Crippen MR) is 107 cm³/mol. The fourth-order valence-electron chi connectivity index (χ4n) is 3.46. The van der Waals surface area contributed by atoms with E-state index in [1.54, 1.807) is 6.26 Å². The zero-order valence-corrected chi connectivity index (χ0v) is 16.6. The first-order valence-electron chi connectivity index (χ1n) is 9.12. The fourth-order valence-corrected chi connectivity index (χ4v) is 3.46. The minimum Gasteiger partial charge on any atom is -0.468 e. The van der Waals surface area contributed by atoms with E-state index in [1.165, 1.54) is 5.56 Å². The molecule has 5 heteroatoms. The van der Waals surface area contributed by atoms with Gasteiger partial charge in [0.1, 0.15) is 5.76 Å². The highest BCUT2D eigenvalue weighted by Crippen LogP contribution is 2.22. The van der Waals surface area contributed by atoms with Crippen molar-refractivity contribution in [1.29, 1.82) is 0 Å². The predicted octanol–water partition coefficient (Wildman–Crippen LogP) is 4.03. The molecule has 0 saturated carbocycles. The van der Waals surface area contributed by atoms with E-state index in [0.29, 0.717) is 12.1 Å². The Hall–Kier alpha value is -2.79. The van der Waals surface area contributed by atoms with E-state index in [2.05, 4.69) is 35.0 Å². The van der Waals surface area contributed by atoms with Gasteiger partial charge in [-0.05, 0) is 70.8 Å². The first-order chi connectivity index (χ1) is 12.9. The average Bonchev–Trinajstić information content (AvgIpc) is 3.23. The number of rotatable bonds is 6. The molecule has 0 aliphatic rings. The van der Waals surface area contributed by atoms with Gasteiger partial charge in [0, 0.05) is 23.6 Å². The van der Waals surface area contributed by atoms with E-state index in [-0.39, 0.29) is 11.9 Å². The standard InChI is InChI=1S/C22H27N3O2/c1-15-8-6-9-18(12-15)25-16(2)13-19(17(25)3)22(26)23-14-20(24(4)5)21-10-7-11-27-21/h6-13,20H,14H2,1-5H3,(H,23,26)/t20-/m0/s1. The second kappa shape index (κ2) is 7.84. The van der Waals surface area contributed by atoms with Gasteiger partial charge >= 0.3 is 0 Å². The maximum atomic E-state index is 12.9. The average molecular weight is 365 g/mol. The number of nitrogens with zero attached hydrogens (tertiary/aromatic N) is 2. The molecule has 3 aromatic rings. The van der Waals surface area contributed by atoms with Crippen LogP contribution in [0.5, 0.6) is 0 Å². The van der Waals surface area contributed by atoms with Crippen LogP contribution in [0, 0.1) is 20.8 Å². The summed E-state index contributed by atoms with van der Waals surface area (Å²) in [5, 5.41) is 3.06. The van der Waals surface area contributed by atoms with Gasteiger partial charge in [-0.1, -0.05) is 12.1 Å². The SMILES string of the molecule is Cc1cccc(-n2c(C)cc(C(=O)NC[C@@H](c3ccco3)N(C)C)c2C)c1. The lowest BCUT2D eigenvalue weighted by Crippen LogP contribution is -2.34. The molecule has 0 aliphatic heterocycles. The topological polar surface area (TPSA) is 50.4 Å². The normalized spacial score (nSPS) is 12.4. The van der Waals surface area contributed by atoms with Crippen LogP contribution in [0.15, 0.2) is 53.1 Å². The molecule has 2 aromatic heterocycles. The lowest BCUT2D eigenvalue weighted by molar-refractivity contribution is 0.0938. The largest absolute Gasteiger partial charge is 0.468 e. The molecule has 0 aliphatic carbocycles. The van der Waals surface area contributed by atoms with Gasteiger partial charge < -0.3 is 14.3 Å². The molecule has 0 radical (unpaired) electrons. The highest BCUT2D eigenvalue weighted by Gasteiger charge is 2.21. The summed E-state index contributed by atoms with van der Waals surface area (Å²) in [6.07, 6.45) is 1.66. The minimum atomic E-state index is -0.0691. The van der Waals surface area contributed by atoms with Crippen LogP contribution >= 0.6 is 0 Å². The van der Waals surface area contributed by atoms with Crippen LogP contribution < -0.4 is 5.32 Å². The molecule has 5 nitrogen and oxygen atoms in total. The molecule has 2 heterocycles. The Kier molecular flexibility index (Phi) is 5.51. The third-order valence-electron chi connectivity index (χ3n) is 4.89. The summed E-state index contributed by atoms with van der Waals surface area (Å²) >= 11 is 0. The van der Waals surface area contributed by atoms with Gasteiger partial charge in [0.25, 0.3) is 5.91 Å². The highest BCUT2D eigenvalue weighted by molar-refractivity contribution is 5.96. The molecule has 1 atom stereocenters. The number of carbonyl (C=O) groups is 1. The van der Waals surface area contributed by atoms with Crippen molar-refractivity contribution < 1.29 is 9.21 Å². The Morgan fingerprint density at radius 3 is 2.56 bits per heavy atom. The summed E-state index contributed by atoms with van der Waals surface area (Å²) in [7, 11) is 3.95.